The first-order valence-corrected chi connectivity index (χ1v) is 13.2. The van der Waals surface area contributed by atoms with Crippen LogP contribution in [-0.2, 0) is 14.3 Å². The van der Waals surface area contributed by atoms with Crippen LogP contribution in [0.3, 0.4) is 0 Å². The van der Waals surface area contributed by atoms with E-state index in [1.54, 1.807) is 63.4 Å². The number of fused-ring (bicyclic) bond motifs is 1. The molecule has 0 aliphatic carbocycles. The molecule has 0 radical (unpaired) electrons. The van der Waals surface area contributed by atoms with Crippen molar-refractivity contribution in [2.24, 2.45) is 4.99 Å². The molecule has 9 nitrogen and oxygen atoms in total. The second kappa shape index (κ2) is 11.4. The van der Waals surface area contributed by atoms with Gasteiger partial charge in [0, 0.05) is 18.6 Å². The SMILES string of the molecule is CCOC(=O)C1=C(C)N=c2s/c(=C\c3ccc(OC(C)=O)c(Br)c3)c(=O)n2[C@H]1c1ccc(OC)cc1OC. The maximum absolute atomic E-state index is 13.8. The molecule has 1 aliphatic heterocycles. The number of aromatic nitrogens is 1. The van der Waals surface area contributed by atoms with Crippen molar-refractivity contribution in [2.75, 3.05) is 20.8 Å². The molecule has 0 bridgehead atoms. The van der Waals surface area contributed by atoms with Crippen molar-refractivity contribution in [1.82, 2.24) is 4.57 Å². The maximum atomic E-state index is 13.8. The molecule has 38 heavy (non-hydrogen) atoms. The average Bonchev–Trinajstić information content (AvgIpc) is 3.18. The highest BCUT2D eigenvalue weighted by Crippen LogP contribution is 2.37. The van der Waals surface area contributed by atoms with Gasteiger partial charge in [0.2, 0.25) is 0 Å². The van der Waals surface area contributed by atoms with Crippen molar-refractivity contribution in [3.8, 4) is 17.2 Å². The molecule has 1 aromatic heterocycles. The molecule has 0 fully saturated rings. The number of benzene rings is 2. The third kappa shape index (κ3) is 5.30. The van der Waals surface area contributed by atoms with Crippen LogP contribution in [0.1, 0.15) is 37.9 Å². The van der Waals surface area contributed by atoms with Crippen molar-refractivity contribution in [1.29, 1.82) is 0 Å². The Morgan fingerprint density at radius 1 is 1.13 bits per heavy atom. The molecule has 2 aromatic carbocycles. The van der Waals surface area contributed by atoms with Crippen LogP contribution >= 0.6 is 27.3 Å². The van der Waals surface area contributed by atoms with E-state index >= 15 is 0 Å². The minimum atomic E-state index is -0.827. The van der Waals surface area contributed by atoms with Crippen LogP contribution in [0, 0.1) is 0 Å². The lowest BCUT2D eigenvalue weighted by atomic mass is 9.95. The summed E-state index contributed by atoms with van der Waals surface area (Å²) < 4.78 is 23.9. The maximum Gasteiger partial charge on any atom is 0.338 e. The summed E-state index contributed by atoms with van der Waals surface area (Å²) in [5.41, 5.74) is 1.67. The van der Waals surface area contributed by atoms with Gasteiger partial charge in [-0.05, 0) is 65.7 Å². The van der Waals surface area contributed by atoms with Crippen molar-refractivity contribution >= 4 is 45.3 Å². The summed E-state index contributed by atoms with van der Waals surface area (Å²) in [5, 5.41) is 0. The average molecular weight is 601 g/mol. The molecule has 0 saturated carbocycles. The lowest BCUT2D eigenvalue weighted by molar-refractivity contribution is -0.139. The number of rotatable bonds is 7. The first kappa shape index (κ1) is 27.3. The first-order valence-electron chi connectivity index (χ1n) is 11.6. The Kier molecular flexibility index (Phi) is 8.17. The quantitative estimate of drug-likeness (QED) is 0.302. The highest BCUT2D eigenvalue weighted by atomic mass is 79.9. The van der Waals surface area contributed by atoms with Gasteiger partial charge < -0.3 is 18.9 Å². The predicted octanol–water partition coefficient (Wildman–Crippen LogP) is 3.50. The number of carbonyl (C=O) groups excluding carboxylic acids is 2. The summed E-state index contributed by atoms with van der Waals surface area (Å²) in [4.78, 5) is 43.3. The van der Waals surface area contributed by atoms with Crippen LogP contribution in [0.15, 0.2) is 61.9 Å². The zero-order chi connectivity index (χ0) is 27.6. The standard InChI is InChI=1S/C27H25BrN2O7S/c1-6-36-26(33)23-14(2)29-27-30(24(23)18-9-8-17(34-4)13-21(18)35-5)25(32)22(38-27)12-16-7-10-20(19(28)11-16)37-15(3)31/h7-13,24H,6H2,1-5H3/b22-12-/t24-/m0/s1. The Labute approximate surface area is 230 Å². The molecule has 0 unspecified atom stereocenters. The number of carbonyl (C=O) groups is 2. The van der Waals surface area contributed by atoms with Gasteiger partial charge in [-0.25, -0.2) is 9.79 Å². The number of ether oxygens (including phenoxy) is 4. The van der Waals surface area contributed by atoms with Crippen LogP contribution in [0.5, 0.6) is 17.2 Å². The molecule has 1 atom stereocenters. The van der Waals surface area contributed by atoms with Gasteiger partial charge in [-0.1, -0.05) is 17.4 Å². The first-order chi connectivity index (χ1) is 18.2. The van der Waals surface area contributed by atoms with Crippen molar-refractivity contribution in [2.45, 2.75) is 26.8 Å². The second-order valence-electron chi connectivity index (χ2n) is 8.19. The van der Waals surface area contributed by atoms with E-state index < -0.39 is 18.0 Å². The number of nitrogens with zero attached hydrogens (tertiary/aromatic N) is 2. The summed E-state index contributed by atoms with van der Waals surface area (Å²) in [6, 6.07) is 9.51. The van der Waals surface area contributed by atoms with E-state index in [9.17, 15) is 14.4 Å². The van der Waals surface area contributed by atoms with Gasteiger partial charge in [-0.3, -0.25) is 14.2 Å². The number of methoxy groups -OCH3 is 2. The minimum absolute atomic E-state index is 0.171. The molecule has 4 rings (SSSR count). The lowest BCUT2D eigenvalue weighted by Crippen LogP contribution is -2.40. The van der Waals surface area contributed by atoms with Gasteiger partial charge in [0.15, 0.2) is 4.80 Å². The van der Waals surface area contributed by atoms with Crippen molar-refractivity contribution in [3.05, 3.63) is 83.0 Å². The van der Waals surface area contributed by atoms with E-state index in [1.165, 1.54) is 29.9 Å². The fraction of sp³-hybridized carbons (Fsp3) is 0.259. The third-order valence-electron chi connectivity index (χ3n) is 5.76. The molecule has 0 N–H and O–H groups in total. The fourth-order valence-electron chi connectivity index (χ4n) is 4.13. The number of hydrogen-bond donors (Lipinski definition) is 0. The second-order valence-corrected chi connectivity index (χ2v) is 10.1. The molecule has 0 spiro atoms. The molecule has 198 valence electrons. The topological polar surface area (TPSA) is 105 Å². The van der Waals surface area contributed by atoms with E-state index in [0.717, 1.165) is 0 Å². The molecule has 0 saturated heterocycles. The highest BCUT2D eigenvalue weighted by molar-refractivity contribution is 9.10. The molecule has 2 heterocycles. The molecule has 11 heteroatoms. The van der Waals surface area contributed by atoms with E-state index in [0.29, 0.717) is 47.9 Å². The molecular weight excluding hydrogens is 576 g/mol. The number of allylic oxidation sites excluding steroid dienone is 1. The van der Waals surface area contributed by atoms with Gasteiger partial charge in [-0.15, -0.1) is 0 Å². The monoisotopic (exact) mass is 600 g/mol. The van der Waals surface area contributed by atoms with Gasteiger partial charge in [0.05, 0.1) is 41.1 Å². The van der Waals surface area contributed by atoms with Crippen LogP contribution in [-0.4, -0.2) is 37.3 Å². The number of halogens is 1. The van der Waals surface area contributed by atoms with E-state index in [2.05, 4.69) is 20.9 Å². The summed E-state index contributed by atoms with van der Waals surface area (Å²) in [6.45, 7) is 4.93. The number of thiazole rings is 1. The zero-order valence-electron chi connectivity index (χ0n) is 21.4. The Morgan fingerprint density at radius 3 is 2.53 bits per heavy atom. The van der Waals surface area contributed by atoms with Crippen LogP contribution in [0.25, 0.3) is 6.08 Å². The van der Waals surface area contributed by atoms with Crippen molar-refractivity contribution in [3.63, 3.8) is 0 Å². The number of hydrogen-bond acceptors (Lipinski definition) is 9. The zero-order valence-corrected chi connectivity index (χ0v) is 23.8. The summed E-state index contributed by atoms with van der Waals surface area (Å²) in [5.74, 6) is 0.395. The van der Waals surface area contributed by atoms with Gasteiger partial charge in [0.1, 0.15) is 23.3 Å². The van der Waals surface area contributed by atoms with Crippen LogP contribution < -0.4 is 29.1 Å². The molecule has 3 aromatic rings. The molecular formula is C27H25BrN2O7S. The van der Waals surface area contributed by atoms with Crippen LogP contribution in [0.2, 0.25) is 0 Å². The summed E-state index contributed by atoms with van der Waals surface area (Å²) in [7, 11) is 3.06. The molecule has 0 amide bonds. The Hall–Kier alpha value is -3.70. The summed E-state index contributed by atoms with van der Waals surface area (Å²) in [6.07, 6.45) is 1.72. The van der Waals surface area contributed by atoms with Gasteiger partial charge in [0.25, 0.3) is 5.56 Å². The Balaban J connectivity index is 1.93. The van der Waals surface area contributed by atoms with Gasteiger partial charge >= 0.3 is 11.9 Å². The van der Waals surface area contributed by atoms with E-state index in [4.69, 9.17) is 18.9 Å². The Bertz CT molecular complexity index is 1640. The number of esters is 2. The smallest absolute Gasteiger partial charge is 0.338 e. The predicted molar refractivity (Wildman–Crippen MR) is 145 cm³/mol. The lowest BCUT2D eigenvalue weighted by Gasteiger charge is -2.26. The summed E-state index contributed by atoms with van der Waals surface area (Å²) >= 11 is 4.60. The van der Waals surface area contributed by atoms with E-state index in [-0.39, 0.29) is 17.7 Å². The fourth-order valence-corrected chi connectivity index (χ4v) is 5.65. The highest BCUT2D eigenvalue weighted by Gasteiger charge is 2.35. The van der Waals surface area contributed by atoms with Gasteiger partial charge in [-0.2, -0.15) is 0 Å². The van der Waals surface area contributed by atoms with Crippen LogP contribution in [0.4, 0.5) is 0 Å². The minimum Gasteiger partial charge on any atom is -0.497 e. The normalized spacial score (nSPS) is 15.0. The molecule has 1 aliphatic rings. The van der Waals surface area contributed by atoms with Crippen molar-refractivity contribution < 1.29 is 28.5 Å². The van der Waals surface area contributed by atoms with E-state index in [1.807, 2.05) is 0 Å². The third-order valence-corrected chi connectivity index (χ3v) is 7.36. The largest absolute Gasteiger partial charge is 0.497 e. The Morgan fingerprint density at radius 2 is 1.89 bits per heavy atom.